The molecule has 2 aromatic carbocycles. The molecule has 2 heterocycles. The SMILES string of the molecule is COc1ccc(N2CC[NH+]([C@@H](C)c3nnc(-c4ccc([N+](=O)[O-])cc4)o3)CC2)cc1. The number of ether oxygens (including phenoxy) is 1. The molecule has 0 aliphatic carbocycles. The van der Waals surface area contributed by atoms with Gasteiger partial charge in [0.25, 0.3) is 11.6 Å². The fraction of sp³-hybridized carbons (Fsp3) is 0.333. The van der Waals surface area contributed by atoms with Crippen LogP contribution in [0.4, 0.5) is 11.4 Å². The lowest BCUT2D eigenvalue weighted by molar-refractivity contribution is -0.931. The van der Waals surface area contributed by atoms with Crippen molar-refractivity contribution >= 4 is 11.4 Å². The highest BCUT2D eigenvalue weighted by atomic mass is 16.6. The first kappa shape index (κ1) is 19.8. The smallest absolute Gasteiger partial charge is 0.274 e. The van der Waals surface area contributed by atoms with Gasteiger partial charge in [-0.15, -0.1) is 10.2 Å². The normalized spacial score (nSPS) is 15.7. The largest absolute Gasteiger partial charge is 0.497 e. The van der Waals surface area contributed by atoms with Gasteiger partial charge in [-0.3, -0.25) is 10.1 Å². The summed E-state index contributed by atoms with van der Waals surface area (Å²) in [5.41, 5.74) is 1.90. The van der Waals surface area contributed by atoms with Gasteiger partial charge < -0.3 is 19.0 Å². The van der Waals surface area contributed by atoms with Crippen LogP contribution in [0, 0.1) is 10.1 Å². The topological polar surface area (TPSA) is 99.0 Å². The van der Waals surface area contributed by atoms with Crippen molar-refractivity contribution in [1.29, 1.82) is 0 Å². The molecule has 1 atom stereocenters. The Hall–Kier alpha value is -3.46. The monoisotopic (exact) mass is 410 g/mol. The highest BCUT2D eigenvalue weighted by Crippen LogP contribution is 2.23. The van der Waals surface area contributed by atoms with Crippen LogP contribution in [0.25, 0.3) is 11.5 Å². The van der Waals surface area contributed by atoms with Crippen LogP contribution in [-0.2, 0) is 0 Å². The second kappa shape index (κ2) is 8.50. The Morgan fingerprint density at radius 1 is 1.10 bits per heavy atom. The summed E-state index contributed by atoms with van der Waals surface area (Å²) in [6.45, 7) is 5.89. The summed E-state index contributed by atoms with van der Waals surface area (Å²) < 4.78 is 11.1. The Labute approximate surface area is 174 Å². The molecule has 9 heteroatoms. The maximum atomic E-state index is 10.8. The van der Waals surface area contributed by atoms with Gasteiger partial charge in [0.1, 0.15) is 5.75 Å². The van der Waals surface area contributed by atoms with Gasteiger partial charge in [0.2, 0.25) is 5.89 Å². The predicted octanol–water partition coefficient (Wildman–Crippen LogP) is 2.12. The molecule has 1 fully saturated rings. The zero-order valence-corrected chi connectivity index (χ0v) is 16.9. The summed E-state index contributed by atoms with van der Waals surface area (Å²) >= 11 is 0. The first-order valence-corrected chi connectivity index (χ1v) is 9.87. The van der Waals surface area contributed by atoms with E-state index in [1.807, 2.05) is 12.1 Å². The minimum absolute atomic E-state index is 0.0334. The van der Waals surface area contributed by atoms with Crippen LogP contribution in [0.3, 0.4) is 0 Å². The number of non-ortho nitro benzene ring substituents is 1. The van der Waals surface area contributed by atoms with Gasteiger partial charge in [-0.1, -0.05) is 0 Å². The van der Waals surface area contributed by atoms with E-state index >= 15 is 0 Å². The van der Waals surface area contributed by atoms with Crippen molar-refractivity contribution in [1.82, 2.24) is 10.2 Å². The maximum absolute atomic E-state index is 10.8. The first-order chi connectivity index (χ1) is 14.5. The quantitative estimate of drug-likeness (QED) is 0.491. The summed E-state index contributed by atoms with van der Waals surface area (Å²) in [7, 11) is 1.67. The fourth-order valence-electron chi connectivity index (χ4n) is 3.70. The highest BCUT2D eigenvalue weighted by molar-refractivity contribution is 5.55. The second-order valence-corrected chi connectivity index (χ2v) is 7.31. The summed E-state index contributed by atoms with van der Waals surface area (Å²) in [4.78, 5) is 14.1. The number of methoxy groups -OCH3 is 1. The molecule has 1 saturated heterocycles. The van der Waals surface area contributed by atoms with Crippen LogP contribution in [-0.4, -0.2) is 48.4 Å². The molecule has 1 aromatic heterocycles. The van der Waals surface area contributed by atoms with Crippen molar-refractivity contribution in [2.24, 2.45) is 0 Å². The Balaban J connectivity index is 1.38. The molecule has 0 bridgehead atoms. The average molecular weight is 410 g/mol. The number of anilines is 1. The van der Waals surface area contributed by atoms with Crippen LogP contribution in [0.2, 0.25) is 0 Å². The van der Waals surface area contributed by atoms with Crippen molar-refractivity contribution in [2.75, 3.05) is 38.2 Å². The Bertz CT molecular complexity index is 995. The lowest BCUT2D eigenvalue weighted by Crippen LogP contribution is -3.14. The van der Waals surface area contributed by atoms with E-state index in [4.69, 9.17) is 9.15 Å². The average Bonchev–Trinajstić information content (AvgIpc) is 3.29. The number of piperazine rings is 1. The third-order valence-corrected chi connectivity index (χ3v) is 5.59. The molecule has 9 nitrogen and oxygen atoms in total. The van der Waals surface area contributed by atoms with E-state index in [1.165, 1.54) is 22.7 Å². The van der Waals surface area contributed by atoms with Gasteiger partial charge in [-0.2, -0.15) is 0 Å². The molecule has 4 rings (SSSR count). The van der Waals surface area contributed by atoms with E-state index in [1.54, 1.807) is 19.2 Å². The fourth-order valence-corrected chi connectivity index (χ4v) is 3.70. The molecule has 0 unspecified atom stereocenters. The van der Waals surface area contributed by atoms with Crippen molar-refractivity contribution in [3.05, 3.63) is 64.5 Å². The number of hydrogen-bond acceptors (Lipinski definition) is 7. The summed E-state index contributed by atoms with van der Waals surface area (Å²) in [6.07, 6.45) is 0. The molecule has 0 spiro atoms. The van der Waals surface area contributed by atoms with Crippen molar-refractivity contribution in [3.8, 4) is 17.2 Å². The molecule has 30 heavy (non-hydrogen) atoms. The van der Waals surface area contributed by atoms with Crippen LogP contribution in [0.15, 0.2) is 52.9 Å². The van der Waals surface area contributed by atoms with Gasteiger partial charge in [-0.05, 0) is 43.3 Å². The van der Waals surface area contributed by atoms with Crippen LogP contribution < -0.4 is 14.5 Å². The Morgan fingerprint density at radius 3 is 2.37 bits per heavy atom. The first-order valence-electron chi connectivity index (χ1n) is 9.87. The van der Waals surface area contributed by atoms with E-state index in [2.05, 4.69) is 34.2 Å². The zero-order valence-electron chi connectivity index (χ0n) is 16.9. The number of quaternary nitrogens is 1. The van der Waals surface area contributed by atoms with Crippen molar-refractivity contribution < 1.29 is 19.0 Å². The van der Waals surface area contributed by atoms with E-state index in [0.717, 1.165) is 31.9 Å². The molecule has 1 N–H and O–H groups in total. The third kappa shape index (κ3) is 4.11. The molecule has 0 amide bonds. The number of hydrogen-bond donors (Lipinski definition) is 1. The minimum Gasteiger partial charge on any atom is -0.497 e. The minimum atomic E-state index is -0.431. The van der Waals surface area contributed by atoms with Crippen LogP contribution in [0.1, 0.15) is 18.9 Å². The van der Waals surface area contributed by atoms with Crippen molar-refractivity contribution in [3.63, 3.8) is 0 Å². The van der Waals surface area contributed by atoms with Gasteiger partial charge in [-0.25, -0.2) is 0 Å². The van der Waals surface area contributed by atoms with E-state index in [-0.39, 0.29) is 11.7 Å². The van der Waals surface area contributed by atoms with E-state index in [0.29, 0.717) is 17.3 Å². The molecule has 1 aliphatic rings. The molecular weight excluding hydrogens is 386 g/mol. The van der Waals surface area contributed by atoms with Gasteiger partial charge >= 0.3 is 0 Å². The van der Waals surface area contributed by atoms with Crippen molar-refractivity contribution in [2.45, 2.75) is 13.0 Å². The van der Waals surface area contributed by atoms with Crippen LogP contribution >= 0.6 is 0 Å². The van der Waals surface area contributed by atoms with E-state index in [9.17, 15) is 10.1 Å². The predicted molar refractivity (Wildman–Crippen MR) is 111 cm³/mol. The molecule has 1 aliphatic heterocycles. The number of aromatic nitrogens is 2. The molecule has 0 saturated carbocycles. The number of nitro benzene ring substituents is 1. The number of rotatable bonds is 6. The lowest BCUT2D eigenvalue weighted by Gasteiger charge is -2.35. The standard InChI is InChI=1S/C21H23N5O4/c1-15(20-22-23-21(30-20)16-3-5-18(6-4-16)26(27)28)24-11-13-25(14-12-24)17-7-9-19(29-2)10-8-17/h3-10,15H,11-14H2,1-2H3/p+1/t15-/m0/s1. The second-order valence-electron chi connectivity index (χ2n) is 7.31. The van der Waals surface area contributed by atoms with E-state index < -0.39 is 4.92 Å². The highest BCUT2D eigenvalue weighted by Gasteiger charge is 2.29. The molecule has 156 valence electrons. The Morgan fingerprint density at radius 2 is 1.77 bits per heavy atom. The van der Waals surface area contributed by atoms with Gasteiger partial charge in [0.15, 0.2) is 6.04 Å². The Kier molecular flexibility index (Phi) is 5.62. The van der Waals surface area contributed by atoms with Crippen LogP contribution in [0.5, 0.6) is 5.75 Å². The number of benzene rings is 2. The third-order valence-electron chi connectivity index (χ3n) is 5.59. The van der Waals surface area contributed by atoms with Gasteiger partial charge in [0.05, 0.1) is 38.2 Å². The maximum Gasteiger partial charge on any atom is 0.274 e. The number of nitrogens with one attached hydrogen (secondary N) is 1. The lowest BCUT2D eigenvalue weighted by atomic mass is 10.2. The summed E-state index contributed by atoms with van der Waals surface area (Å²) in [5, 5.41) is 19.2. The molecule has 0 radical (unpaired) electrons. The zero-order chi connectivity index (χ0) is 21.1. The molecular formula is C21H24N5O4+. The number of nitrogens with zero attached hydrogens (tertiary/aromatic N) is 4. The number of nitro groups is 1. The molecule has 3 aromatic rings. The summed E-state index contributed by atoms with van der Waals surface area (Å²) in [6, 6.07) is 14.3. The van der Waals surface area contributed by atoms with Gasteiger partial charge in [0, 0.05) is 23.4 Å². The summed E-state index contributed by atoms with van der Waals surface area (Å²) in [5.74, 6) is 1.82.